The van der Waals surface area contributed by atoms with Crippen LogP contribution in [0.15, 0.2) is 24.3 Å². The lowest BCUT2D eigenvalue weighted by atomic mass is 10.3. The summed E-state index contributed by atoms with van der Waals surface area (Å²) < 4.78 is 10.1. The van der Waals surface area contributed by atoms with Crippen molar-refractivity contribution >= 4 is 56.3 Å². The zero-order chi connectivity index (χ0) is 21.7. The van der Waals surface area contributed by atoms with Gasteiger partial charge in [-0.1, -0.05) is 28.7 Å². The van der Waals surface area contributed by atoms with Gasteiger partial charge in [0.2, 0.25) is 0 Å². The minimum atomic E-state index is -0.368. The molecule has 30 heavy (non-hydrogen) atoms. The van der Waals surface area contributed by atoms with Crippen LogP contribution in [0.4, 0.5) is 21.6 Å². The molecular weight excluding hydrogens is 424 g/mol. The minimum Gasteiger partial charge on any atom is -0.462 e. The van der Waals surface area contributed by atoms with Crippen molar-refractivity contribution in [2.24, 2.45) is 0 Å². The number of anilines is 4. The van der Waals surface area contributed by atoms with Gasteiger partial charge in [-0.2, -0.15) is 0 Å². The van der Waals surface area contributed by atoms with E-state index in [9.17, 15) is 9.59 Å². The molecule has 10 heteroatoms. The molecule has 0 atom stereocenters. The third-order valence-corrected chi connectivity index (χ3v) is 5.99. The number of rotatable bonds is 8. The molecule has 0 spiro atoms. The van der Waals surface area contributed by atoms with Crippen LogP contribution in [-0.4, -0.2) is 35.1 Å². The van der Waals surface area contributed by atoms with Gasteiger partial charge >= 0.3 is 11.9 Å². The quantitative estimate of drug-likeness (QED) is 0.463. The summed E-state index contributed by atoms with van der Waals surface area (Å²) in [6.45, 7) is 7.73. The molecule has 0 bridgehead atoms. The highest BCUT2D eigenvalue weighted by Gasteiger charge is 2.18. The van der Waals surface area contributed by atoms with Gasteiger partial charge in [0, 0.05) is 11.4 Å². The van der Waals surface area contributed by atoms with E-state index in [2.05, 4.69) is 20.6 Å². The van der Waals surface area contributed by atoms with Crippen LogP contribution in [0, 0.1) is 13.8 Å². The number of aryl methyl sites for hydroxylation is 2. The SMILES string of the molecule is CCOC(=O)c1sc(Nc2cccc(Nc3nc(C)c(C(=O)OCC)s3)c2)nc1C. The van der Waals surface area contributed by atoms with Crippen molar-refractivity contribution in [3.63, 3.8) is 0 Å². The van der Waals surface area contributed by atoms with E-state index in [0.29, 0.717) is 44.6 Å². The highest BCUT2D eigenvalue weighted by atomic mass is 32.1. The number of benzene rings is 1. The molecule has 0 radical (unpaired) electrons. The summed E-state index contributed by atoms with van der Waals surface area (Å²) >= 11 is 2.49. The first-order chi connectivity index (χ1) is 14.4. The zero-order valence-corrected chi connectivity index (χ0v) is 18.7. The summed E-state index contributed by atoms with van der Waals surface area (Å²) in [5.41, 5.74) is 2.84. The molecule has 2 heterocycles. The van der Waals surface area contributed by atoms with Crippen LogP contribution in [0.2, 0.25) is 0 Å². The van der Waals surface area contributed by atoms with Gasteiger partial charge in [0.25, 0.3) is 0 Å². The number of nitrogens with one attached hydrogen (secondary N) is 2. The molecule has 0 saturated heterocycles. The number of ether oxygens (including phenoxy) is 2. The molecule has 0 saturated carbocycles. The first kappa shape index (κ1) is 21.7. The fourth-order valence-electron chi connectivity index (χ4n) is 2.59. The molecule has 8 nitrogen and oxygen atoms in total. The van der Waals surface area contributed by atoms with Crippen molar-refractivity contribution in [3.8, 4) is 0 Å². The van der Waals surface area contributed by atoms with Crippen molar-refractivity contribution < 1.29 is 19.1 Å². The second-order valence-electron chi connectivity index (χ2n) is 6.14. The van der Waals surface area contributed by atoms with E-state index in [1.54, 1.807) is 27.7 Å². The number of nitrogens with zero attached hydrogens (tertiary/aromatic N) is 2. The Balaban J connectivity index is 1.73. The summed E-state index contributed by atoms with van der Waals surface area (Å²) in [5, 5.41) is 7.62. The minimum absolute atomic E-state index is 0.320. The predicted molar refractivity (Wildman–Crippen MR) is 119 cm³/mol. The van der Waals surface area contributed by atoms with Crippen LogP contribution < -0.4 is 10.6 Å². The molecule has 1 aromatic carbocycles. The van der Waals surface area contributed by atoms with Crippen molar-refractivity contribution in [2.45, 2.75) is 27.7 Å². The first-order valence-corrected chi connectivity index (χ1v) is 11.0. The van der Waals surface area contributed by atoms with E-state index in [1.165, 1.54) is 22.7 Å². The van der Waals surface area contributed by atoms with Gasteiger partial charge < -0.3 is 20.1 Å². The molecule has 3 rings (SSSR count). The fourth-order valence-corrected chi connectivity index (χ4v) is 4.35. The summed E-state index contributed by atoms with van der Waals surface area (Å²) in [4.78, 5) is 33.7. The maximum Gasteiger partial charge on any atom is 0.350 e. The van der Waals surface area contributed by atoms with E-state index < -0.39 is 0 Å². The maximum absolute atomic E-state index is 12.0. The van der Waals surface area contributed by atoms with E-state index >= 15 is 0 Å². The lowest BCUT2D eigenvalue weighted by molar-refractivity contribution is 0.0521. The van der Waals surface area contributed by atoms with E-state index in [-0.39, 0.29) is 11.9 Å². The molecule has 0 amide bonds. The molecule has 0 aliphatic carbocycles. The standard InChI is InChI=1S/C20H22N4O4S2/c1-5-27-17(25)15-11(3)21-19(29-15)23-13-8-7-9-14(10-13)24-20-22-12(4)16(30-20)18(26)28-6-2/h7-10H,5-6H2,1-4H3,(H,21,23)(H,22,24). The first-order valence-electron chi connectivity index (χ1n) is 9.34. The predicted octanol–water partition coefficient (Wildman–Crippen LogP) is 5.06. The van der Waals surface area contributed by atoms with Crippen LogP contribution in [0.25, 0.3) is 0 Å². The van der Waals surface area contributed by atoms with Gasteiger partial charge in [-0.25, -0.2) is 19.6 Å². The van der Waals surface area contributed by atoms with Crippen molar-refractivity contribution in [1.82, 2.24) is 9.97 Å². The summed E-state index contributed by atoms with van der Waals surface area (Å²) in [6, 6.07) is 7.55. The Hall–Kier alpha value is -2.98. The Bertz CT molecular complexity index is 982. The number of hydrogen-bond acceptors (Lipinski definition) is 10. The lowest BCUT2D eigenvalue weighted by Crippen LogP contribution is -2.03. The summed E-state index contributed by atoms with van der Waals surface area (Å²) in [7, 11) is 0. The molecule has 2 aromatic heterocycles. The van der Waals surface area contributed by atoms with Gasteiger partial charge in [0.05, 0.1) is 24.6 Å². The Morgan fingerprint density at radius 2 is 1.30 bits per heavy atom. The summed E-state index contributed by atoms with van der Waals surface area (Å²) in [5.74, 6) is -0.736. The molecule has 2 N–H and O–H groups in total. The van der Waals surface area contributed by atoms with Crippen LogP contribution in [0.1, 0.15) is 44.6 Å². The highest BCUT2D eigenvalue weighted by molar-refractivity contribution is 7.18. The number of carbonyl (C=O) groups excluding carboxylic acids is 2. The third kappa shape index (κ3) is 5.14. The van der Waals surface area contributed by atoms with Gasteiger partial charge in [0.1, 0.15) is 9.75 Å². The topological polar surface area (TPSA) is 102 Å². The second-order valence-corrected chi connectivity index (χ2v) is 8.14. The van der Waals surface area contributed by atoms with Gasteiger partial charge in [-0.05, 0) is 45.9 Å². The number of aromatic nitrogens is 2. The third-order valence-electron chi connectivity index (χ3n) is 3.88. The van der Waals surface area contributed by atoms with Gasteiger partial charge in [-0.15, -0.1) is 0 Å². The molecule has 158 valence electrons. The largest absolute Gasteiger partial charge is 0.462 e. The Labute approximate surface area is 182 Å². The second kappa shape index (κ2) is 9.68. The molecule has 0 unspecified atom stereocenters. The molecular formula is C20H22N4O4S2. The van der Waals surface area contributed by atoms with E-state index in [0.717, 1.165) is 11.4 Å². The maximum atomic E-state index is 12.0. The molecule has 3 aromatic rings. The molecule has 0 aliphatic heterocycles. The van der Waals surface area contributed by atoms with Crippen LogP contribution in [0.5, 0.6) is 0 Å². The van der Waals surface area contributed by atoms with E-state index in [4.69, 9.17) is 9.47 Å². The normalized spacial score (nSPS) is 10.5. The fraction of sp³-hybridized carbons (Fsp3) is 0.300. The average molecular weight is 447 g/mol. The Morgan fingerprint density at radius 3 is 1.70 bits per heavy atom. The Kier molecular flexibility index (Phi) is 7.01. The average Bonchev–Trinajstić information content (AvgIpc) is 3.24. The highest BCUT2D eigenvalue weighted by Crippen LogP contribution is 2.30. The molecule has 0 aliphatic rings. The van der Waals surface area contributed by atoms with E-state index in [1.807, 2.05) is 24.3 Å². The van der Waals surface area contributed by atoms with Crippen molar-refractivity contribution in [1.29, 1.82) is 0 Å². The monoisotopic (exact) mass is 446 g/mol. The van der Waals surface area contributed by atoms with Gasteiger partial charge in [-0.3, -0.25) is 0 Å². The Morgan fingerprint density at radius 1 is 0.867 bits per heavy atom. The molecule has 0 fully saturated rings. The van der Waals surface area contributed by atoms with Gasteiger partial charge in [0.15, 0.2) is 10.3 Å². The number of hydrogen-bond donors (Lipinski definition) is 2. The number of thiazole rings is 2. The number of esters is 2. The number of carbonyl (C=O) groups is 2. The van der Waals surface area contributed by atoms with Crippen LogP contribution in [0.3, 0.4) is 0 Å². The smallest absolute Gasteiger partial charge is 0.350 e. The van der Waals surface area contributed by atoms with Crippen LogP contribution >= 0.6 is 22.7 Å². The van der Waals surface area contributed by atoms with Crippen LogP contribution in [-0.2, 0) is 9.47 Å². The zero-order valence-electron chi connectivity index (χ0n) is 17.1. The summed E-state index contributed by atoms with van der Waals surface area (Å²) in [6.07, 6.45) is 0. The van der Waals surface area contributed by atoms with Crippen molar-refractivity contribution in [3.05, 3.63) is 45.4 Å². The van der Waals surface area contributed by atoms with Crippen molar-refractivity contribution in [2.75, 3.05) is 23.8 Å². The lowest BCUT2D eigenvalue weighted by Gasteiger charge is -2.06.